The van der Waals surface area contributed by atoms with Crippen molar-refractivity contribution in [2.45, 2.75) is 58.5 Å². The van der Waals surface area contributed by atoms with Gasteiger partial charge in [0.2, 0.25) is 5.76 Å². The fourth-order valence-electron chi connectivity index (χ4n) is 1.98. The number of aromatic carboxylic acids is 1. The largest absolute Gasteiger partial charge is 0.475 e. The van der Waals surface area contributed by atoms with E-state index < -0.39 is 5.97 Å². The Morgan fingerprint density at radius 3 is 2.67 bits per heavy atom. The lowest BCUT2D eigenvalue weighted by molar-refractivity contribution is 0.0660. The molecule has 0 saturated heterocycles. The van der Waals surface area contributed by atoms with Crippen LogP contribution in [0.3, 0.4) is 0 Å². The lowest BCUT2D eigenvalue weighted by Gasteiger charge is -2.16. The number of carboxylic acid groups (broad SMARTS) is 1. The Bertz CT molecular complexity index is 360. The van der Waals surface area contributed by atoms with Gasteiger partial charge in [-0.25, -0.2) is 4.79 Å². The summed E-state index contributed by atoms with van der Waals surface area (Å²) in [6.45, 7) is 4.96. The molecule has 0 bridgehead atoms. The third-order valence-corrected chi connectivity index (χ3v) is 2.98. The second-order valence-corrected chi connectivity index (χ2v) is 4.58. The van der Waals surface area contributed by atoms with Crippen LogP contribution in [0.25, 0.3) is 0 Å². The average Bonchev–Trinajstić information content (AvgIpc) is 2.81. The monoisotopic (exact) mass is 253 g/mol. The highest BCUT2D eigenvalue weighted by Gasteiger charge is 2.11. The van der Waals surface area contributed by atoms with E-state index >= 15 is 0 Å². The predicted molar refractivity (Wildman–Crippen MR) is 70.7 cm³/mol. The summed E-state index contributed by atoms with van der Waals surface area (Å²) in [7, 11) is 0. The van der Waals surface area contributed by atoms with E-state index in [0.717, 1.165) is 19.3 Å². The number of rotatable bonds is 9. The van der Waals surface area contributed by atoms with Crippen LogP contribution in [0.4, 0.5) is 0 Å². The molecule has 1 atom stereocenters. The van der Waals surface area contributed by atoms with E-state index in [0.29, 0.717) is 18.3 Å². The molecule has 0 fully saturated rings. The Morgan fingerprint density at radius 1 is 1.33 bits per heavy atom. The smallest absolute Gasteiger partial charge is 0.371 e. The van der Waals surface area contributed by atoms with Gasteiger partial charge in [-0.15, -0.1) is 0 Å². The average molecular weight is 253 g/mol. The van der Waals surface area contributed by atoms with Crippen molar-refractivity contribution in [1.29, 1.82) is 0 Å². The zero-order valence-corrected chi connectivity index (χ0v) is 11.2. The standard InChI is InChI=1S/C14H23NO3/c1-3-5-7-11(6-4-2)15-10-12-8-9-13(18-12)14(16)17/h8-9,11,15H,3-7,10H2,1-2H3,(H,16,17). The highest BCUT2D eigenvalue weighted by atomic mass is 16.4. The van der Waals surface area contributed by atoms with Crippen molar-refractivity contribution < 1.29 is 14.3 Å². The normalized spacial score (nSPS) is 12.6. The van der Waals surface area contributed by atoms with Gasteiger partial charge in [0.15, 0.2) is 0 Å². The number of carbonyl (C=O) groups is 1. The van der Waals surface area contributed by atoms with Gasteiger partial charge in [0.1, 0.15) is 5.76 Å². The Hall–Kier alpha value is -1.29. The molecule has 102 valence electrons. The van der Waals surface area contributed by atoms with Gasteiger partial charge >= 0.3 is 5.97 Å². The van der Waals surface area contributed by atoms with Crippen molar-refractivity contribution in [3.05, 3.63) is 23.7 Å². The van der Waals surface area contributed by atoms with E-state index in [1.54, 1.807) is 6.07 Å². The number of hydrogen-bond acceptors (Lipinski definition) is 3. The van der Waals surface area contributed by atoms with Crippen molar-refractivity contribution in [2.75, 3.05) is 0 Å². The van der Waals surface area contributed by atoms with Crippen molar-refractivity contribution in [1.82, 2.24) is 5.32 Å². The zero-order chi connectivity index (χ0) is 13.4. The summed E-state index contributed by atoms with van der Waals surface area (Å²) in [4.78, 5) is 10.7. The number of unbranched alkanes of at least 4 members (excludes halogenated alkanes) is 1. The molecule has 1 aromatic heterocycles. The van der Waals surface area contributed by atoms with Gasteiger partial charge in [0.25, 0.3) is 0 Å². The summed E-state index contributed by atoms with van der Waals surface area (Å²) in [5, 5.41) is 12.2. The molecule has 0 saturated carbocycles. The topological polar surface area (TPSA) is 62.5 Å². The van der Waals surface area contributed by atoms with Crippen molar-refractivity contribution >= 4 is 5.97 Å². The molecule has 1 unspecified atom stereocenters. The van der Waals surface area contributed by atoms with Crippen LogP contribution in [-0.4, -0.2) is 17.1 Å². The molecule has 0 aliphatic rings. The SMILES string of the molecule is CCCCC(CCC)NCc1ccc(C(=O)O)o1. The van der Waals surface area contributed by atoms with Crippen LogP contribution in [0, 0.1) is 0 Å². The van der Waals surface area contributed by atoms with E-state index in [1.165, 1.54) is 18.9 Å². The highest BCUT2D eigenvalue weighted by molar-refractivity contribution is 5.84. The zero-order valence-electron chi connectivity index (χ0n) is 11.2. The summed E-state index contributed by atoms with van der Waals surface area (Å²) >= 11 is 0. The third kappa shape index (κ3) is 4.92. The van der Waals surface area contributed by atoms with Gasteiger partial charge in [-0.05, 0) is 25.0 Å². The Balaban J connectivity index is 2.42. The maximum atomic E-state index is 10.7. The van der Waals surface area contributed by atoms with Crippen molar-refractivity contribution in [3.8, 4) is 0 Å². The summed E-state index contributed by atoms with van der Waals surface area (Å²) in [6, 6.07) is 3.72. The van der Waals surface area contributed by atoms with E-state index in [9.17, 15) is 4.79 Å². The van der Waals surface area contributed by atoms with Crippen LogP contribution < -0.4 is 5.32 Å². The Labute approximate surface area is 108 Å². The molecule has 18 heavy (non-hydrogen) atoms. The maximum absolute atomic E-state index is 10.7. The molecule has 1 rings (SSSR count). The first kappa shape index (κ1) is 14.8. The molecular weight excluding hydrogens is 230 g/mol. The highest BCUT2D eigenvalue weighted by Crippen LogP contribution is 2.11. The number of nitrogens with one attached hydrogen (secondary N) is 1. The quantitative estimate of drug-likeness (QED) is 0.707. The van der Waals surface area contributed by atoms with E-state index in [4.69, 9.17) is 9.52 Å². The molecule has 0 radical (unpaired) electrons. The Kier molecular flexibility index (Phi) is 6.50. The first-order valence-electron chi connectivity index (χ1n) is 6.72. The second-order valence-electron chi connectivity index (χ2n) is 4.58. The molecule has 0 amide bonds. The van der Waals surface area contributed by atoms with Gasteiger partial charge < -0.3 is 14.8 Å². The molecule has 4 heteroatoms. The summed E-state index contributed by atoms with van der Waals surface area (Å²) in [5.74, 6) is -0.324. The minimum Gasteiger partial charge on any atom is -0.475 e. The number of carboxylic acids is 1. The molecule has 0 spiro atoms. The molecule has 0 aliphatic heterocycles. The van der Waals surface area contributed by atoms with Crippen LogP contribution in [0.15, 0.2) is 16.5 Å². The summed E-state index contributed by atoms with van der Waals surface area (Å²) in [6.07, 6.45) is 5.88. The lowest BCUT2D eigenvalue weighted by Crippen LogP contribution is -2.28. The van der Waals surface area contributed by atoms with Crippen LogP contribution in [0.1, 0.15) is 62.3 Å². The fourth-order valence-corrected chi connectivity index (χ4v) is 1.98. The van der Waals surface area contributed by atoms with Crippen molar-refractivity contribution in [3.63, 3.8) is 0 Å². The van der Waals surface area contributed by atoms with Gasteiger partial charge in [0.05, 0.1) is 6.54 Å². The third-order valence-electron chi connectivity index (χ3n) is 2.98. The van der Waals surface area contributed by atoms with Crippen LogP contribution >= 0.6 is 0 Å². The van der Waals surface area contributed by atoms with Gasteiger partial charge in [0, 0.05) is 6.04 Å². The Morgan fingerprint density at radius 2 is 2.11 bits per heavy atom. The van der Waals surface area contributed by atoms with E-state index in [1.807, 2.05) is 0 Å². The molecule has 4 nitrogen and oxygen atoms in total. The summed E-state index contributed by atoms with van der Waals surface area (Å²) < 4.78 is 5.22. The number of furan rings is 1. The van der Waals surface area contributed by atoms with Crippen LogP contribution in [-0.2, 0) is 6.54 Å². The van der Waals surface area contributed by atoms with Gasteiger partial charge in [-0.3, -0.25) is 0 Å². The number of hydrogen-bond donors (Lipinski definition) is 2. The fraction of sp³-hybridized carbons (Fsp3) is 0.643. The molecule has 1 heterocycles. The van der Waals surface area contributed by atoms with Crippen LogP contribution in [0.2, 0.25) is 0 Å². The minimum atomic E-state index is -1.02. The molecular formula is C14H23NO3. The van der Waals surface area contributed by atoms with E-state index in [-0.39, 0.29) is 5.76 Å². The molecule has 0 aromatic carbocycles. The molecule has 0 aliphatic carbocycles. The van der Waals surface area contributed by atoms with Gasteiger partial charge in [-0.1, -0.05) is 33.1 Å². The van der Waals surface area contributed by atoms with E-state index in [2.05, 4.69) is 19.2 Å². The lowest BCUT2D eigenvalue weighted by atomic mass is 10.1. The first-order chi connectivity index (χ1) is 8.67. The van der Waals surface area contributed by atoms with Crippen molar-refractivity contribution in [2.24, 2.45) is 0 Å². The van der Waals surface area contributed by atoms with Crippen LogP contribution in [0.5, 0.6) is 0 Å². The molecule has 2 N–H and O–H groups in total. The minimum absolute atomic E-state index is 0.00685. The predicted octanol–water partition coefficient (Wildman–Crippen LogP) is 3.43. The van der Waals surface area contributed by atoms with Gasteiger partial charge in [-0.2, -0.15) is 0 Å². The second kappa shape index (κ2) is 7.93. The maximum Gasteiger partial charge on any atom is 0.371 e. The molecule has 1 aromatic rings. The first-order valence-corrected chi connectivity index (χ1v) is 6.72. The summed E-state index contributed by atoms with van der Waals surface area (Å²) in [5.41, 5.74) is 0.